The van der Waals surface area contributed by atoms with Crippen LogP contribution in [0, 0.1) is 17.3 Å². The number of rotatable bonds is 4. The highest BCUT2D eigenvalue weighted by molar-refractivity contribution is 5.23. The van der Waals surface area contributed by atoms with Crippen molar-refractivity contribution in [1.29, 1.82) is 0 Å². The topological polar surface area (TPSA) is 21.8 Å². The highest BCUT2D eigenvalue weighted by Gasteiger charge is 2.50. The van der Waals surface area contributed by atoms with Crippen LogP contribution in [0.1, 0.15) is 26.7 Å². The lowest BCUT2D eigenvalue weighted by molar-refractivity contribution is -0.0180. The fourth-order valence-corrected chi connectivity index (χ4v) is 3.11. The van der Waals surface area contributed by atoms with Crippen LogP contribution in [-0.2, 0) is 9.47 Å². The van der Waals surface area contributed by atoms with Crippen LogP contribution in [0.4, 0.5) is 0 Å². The number of hydrogen-bond acceptors (Lipinski definition) is 2. The first-order valence-corrected chi connectivity index (χ1v) is 6.06. The second-order valence-corrected chi connectivity index (χ2v) is 5.79. The first kappa shape index (κ1) is 9.86. The Morgan fingerprint density at radius 1 is 1.53 bits per heavy atom. The van der Waals surface area contributed by atoms with Crippen molar-refractivity contribution in [3.05, 3.63) is 11.6 Å². The second kappa shape index (κ2) is 3.33. The first-order chi connectivity index (χ1) is 7.18. The number of fused-ring (bicyclic) bond motifs is 1. The fraction of sp³-hybridized carbons (Fsp3) is 0.846. The average Bonchev–Trinajstić information content (AvgIpc) is 3.02. The maximum atomic E-state index is 5.69. The Morgan fingerprint density at radius 2 is 2.33 bits per heavy atom. The van der Waals surface area contributed by atoms with Gasteiger partial charge in [-0.05, 0) is 35.7 Å². The Morgan fingerprint density at radius 3 is 2.93 bits per heavy atom. The lowest BCUT2D eigenvalue weighted by atomic mass is 9.49. The van der Waals surface area contributed by atoms with Crippen molar-refractivity contribution >= 4 is 0 Å². The molecular weight excluding hydrogens is 188 g/mol. The van der Waals surface area contributed by atoms with Gasteiger partial charge in [0.1, 0.15) is 6.10 Å². The van der Waals surface area contributed by atoms with Gasteiger partial charge < -0.3 is 9.47 Å². The molecule has 2 heteroatoms. The van der Waals surface area contributed by atoms with Crippen LogP contribution in [0.3, 0.4) is 0 Å². The molecule has 1 saturated heterocycles. The van der Waals surface area contributed by atoms with Crippen LogP contribution in [0.2, 0.25) is 0 Å². The zero-order valence-electron chi connectivity index (χ0n) is 9.66. The third-order valence-corrected chi connectivity index (χ3v) is 4.56. The fourth-order valence-electron chi connectivity index (χ4n) is 3.11. The second-order valence-electron chi connectivity index (χ2n) is 5.79. The largest absolute Gasteiger partial charge is 0.374 e. The summed E-state index contributed by atoms with van der Waals surface area (Å²) >= 11 is 0. The van der Waals surface area contributed by atoms with Gasteiger partial charge in [0.05, 0.1) is 19.8 Å². The monoisotopic (exact) mass is 208 g/mol. The van der Waals surface area contributed by atoms with E-state index >= 15 is 0 Å². The molecule has 2 fully saturated rings. The molecule has 1 heterocycles. The van der Waals surface area contributed by atoms with Gasteiger partial charge in [0, 0.05) is 0 Å². The van der Waals surface area contributed by atoms with Gasteiger partial charge in [0.15, 0.2) is 0 Å². The van der Waals surface area contributed by atoms with Crippen molar-refractivity contribution in [3.63, 3.8) is 0 Å². The number of allylic oxidation sites excluding steroid dienone is 1. The number of epoxide rings is 1. The van der Waals surface area contributed by atoms with Crippen LogP contribution in [-0.4, -0.2) is 25.9 Å². The predicted octanol–water partition coefficient (Wildman–Crippen LogP) is 2.39. The van der Waals surface area contributed by atoms with Gasteiger partial charge in [0.2, 0.25) is 0 Å². The van der Waals surface area contributed by atoms with Crippen molar-refractivity contribution in [3.8, 4) is 0 Å². The Labute approximate surface area is 91.6 Å². The van der Waals surface area contributed by atoms with E-state index in [9.17, 15) is 0 Å². The van der Waals surface area contributed by atoms with Crippen LogP contribution in [0.25, 0.3) is 0 Å². The summed E-state index contributed by atoms with van der Waals surface area (Å²) in [5.74, 6) is 1.72. The van der Waals surface area contributed by atoms with Gasteiger partial charge in [-0.25, -0.2) is 0 Å². The molecule has 0 radical (unpaired) electrons. The molecule has 0 aromatic carbocycles. The van der Waals surface area contributed by atoms with E-state index in [2.05, 4.69) is 19.9 Å². The molecule has 0 unspecified atom stereocenters. The maximum absolute atomic E-state index is 5.69. The molecule has 0 N–H and O–H groups in total. The molecule has 4 aliphatic rings. The summed E-state index contributed by atoms with van der Waals surface area (Å²) in [5.41, 5.74) is 2.08. The molecule has 3 atom stereocenters. The highest BCUT2D eigenvalue weighted by atomic mass is 16.6. The van der Waals surface area contributed by atoms with Crippen molar-refractivity contribution in [2.45, 2.75) is 32.8 Å². The van der Waals surface area contributed by atoms with E-state index in [1.54, 1.807) is 5.57 Å². The summed E-state index contributed by atoms with van der Waals surface area (Å²) in [5, 5.41) is 0. The molecule has 15 heavy (non-hydrogen) atoms. The molecule has 4 rings (SSSR count). The van der Waals surface area contributed by atoms with Crippen molar-refractivity contribution < 1.29 is 9.47 Å². The zero-order chi connectivity index (χ0) is 10.5. The smallest absolute Gasteiger partial charge is 0.104 e. The summed E-state index contributed by atoms with van der Waals surface area (Å²) in [6, 6.07) is 0. The first-order valence-electron chi connectivity index (χ1n) is 6.06. The molecule has 2 bridgehead atoms. The quantitative estimate of drug-likeness (QED) is 0.522. The molecule has 0 aromatic heterocycles. The molecule has 0 amide bonds. The predicted molar refractivity (Wildman–Crippen MR) is 58.6 cm³/mol. The lowest BCUT2D eigenvalue weighted by Gasteiger charge is -2.56. The van der Waals surface area contributed by atoms with E-state index in [0.717, 1.165) is 31.7 Å². The normalized spacial score (nSPS) is 40.7. The molecule has 1 aliphatic heterocycles. The summed E-state index contributed by atoms with van der Waals surface area (Å²) in [7, 11) is 0. The van der Waals surface area contributed by atoms with E-state index in [-0.39, 0.29) is 0 Å². The molecule has 0 aromatic rings. The van der Waals surface area contributed by atoms with Crippen LogP contribution < -0.4 is 0 Å². The molecule has 2 nitrogen and oxygen atoms in total. The Hall–Kier alpha value is -0.340. The summed E-state index contributed by atoms with van der Waals surface area (Å²) in [4.78, 5) is 0. The Kier molecular flexibility index (Phi) is 2.18. The summed E-state index contributed by atoms with van der Waals surface area (Å²) in [6.07, 6.45) is 5.47. The third-order valence-electron chi connectivity index (χ3n) is 4.56. The molecule has 3 aliphatic carbocycles. The van der Waals surface area contributed by atoms with E-state index in [1.807, 2.05) is 0 Å². The van der Waals surface area contributed by atoms with Gasteiger partial charge in [-0.1, -0.05) is 19.9 Å². The van der Waals surface area contributed by atoms with E-state index < -0.39 is 0 Å². The SMILES string of the molecule is CC1(C)[C@H]2CC=C(COC[C@@H]3CO3)[C@@H]1C2. The Balaban J connectivity index is 1.54. The number of hydrogen-bond donors (Lipinski definition) is 0. The lowest BCUT2D eigenvalue weighted by Crippen LogP contribution is -2.48. The van der Waals surface area contributed by atoms with Gasteiger partial charge in [-0.2, -0.15) is 0 Å². The minimum absolute atomic E-state index is 0.399. The van der Waals surface area contributed by atoms with Crippen LogP contribution in [0.15, 0.2) is 11.6 Å². The van der Waals surface area contributed by atoms with Crippen molar-refractivity contribution in [1.82, 2.24) is 0 Å². The van der Waals surface area contributed by atoms with Crippen molar-refractivity contribution in [2.75, 3.05) is 19.8 Å². The molecule has 84 valence electrons. The summed E-state index contributed by atoms with van der Waals surface area (Å²) in [6.45, 7) is 7.33. The van der Waals surface area contributed by atoms with Crippen LogP contribution >= 0.6 is 0 Å². The minimum Gasteiger partial charge on any atom is -0.374 e. The van der Waals surface area contributed by atoms with Gasteiger partial charge in [-0.15, -0.1) is 0 Å². The number of ether oxygens (including phenoxy) is 2. The van der Waals surface area contributed by atoms with Crippen molar-refractivity contribution in [2.24, 2.45) is 17.3 Å². The summed E-state index contributed by atoms with van der Waals surface area (Å²) < 4.78 is 10.8. The van der Waals surface area contributed by atoms with Gasteiger partial charge in [-0.3, -0.25) is 0 Å². The molecule has 0 spiro atoms. The van der Waals surface area contributed by atoms with E-state index in [0.29, 0.717) is 11.5 Å². The Bertz CT molecular complexity index is 289. The van der Waals surface area contributed by atoms with Gasteiger partial charge in [0.25, 0.3) is 0 Å². The van der Waals surface area contributed by atoms with Gasteiger partial charge >= 0.3 is 0 Å². The third kappa shape index (κ3) is 1.64. The highest BCUT2D eigenvalue weighted by Crippen LogP contribution is 2.59. The average molecular weight is 208 g/mol. The minimum atomic E-state index is 0.399. The molecule has 1 saturated carbocycles. The standard InChI is InChI=1S/C13H20O2/c1-13(2)10-4-3-9(12(13)5-10)6-14-7-11-8-15-11/h3,10-12H,4-8H2,1-2H3/t10-,11+,12-/m0/s1. The van der Waals surface area contributed by atoms with E-state index in [4.69, 9.17) is 9.47 Å². The maximum Gasteiger partial charge on any atom is 0.104 e. The zero-order valence-corrected chi connectivity index (χ0v) is 9.66. The molecular formula is C13H20O2. The van der Waals surface area contributed by atoms with E-state index in [1.165, 1.54) is 12.8 Å². The van der Waals surface area contributed by atoms with Crippen LogP contribution in [0.5, 0.6) is 0 Å².